The highest BCUT2D eigenvalue weighted by Gasteiger charge is 2.12. The molecular formula is C16H12ClN5O3S. The standard InChI is InChI=1S/C16H12ClN5O3S/c17-11-2-1-3-12(8-11)18-14(23)9-26-16-19-20-21-22(16)13-6-4-10(5-7-13)15(24)25/h1-8H,9H2,(H,18,23)(H,24,25). The molecule has 0 atom stereocenters. The van der Waals surface area contributed by atoms with Crippen molar-refractivity contribution in [2.75, 3.05) is 11.1 Å². The van der Waals surface area contributed by atoms with E-state index in [1.54, 1.807) is 36.4 Å². The molecule has 10 heteroatoms. The van der Waals surface area contributed by atoms with Crippen LogP contribution in [0.5, 0.6) is 0 Å². The monoisotopic (exact) mass is 389 g/mol. The molecule has 0 unspecified atom stereocenters. The fourth-order valence-corrected chi connectivity index (χ4v) is 2.95. The van der Waals surface area contributed by atoms with Gasteiger partial charge in [0, 0.05) is 10.7 Å². The van der Waals surface area contributed by atoms with Gasteiger partial charge in [-0.05, 0) is 52.9 Å². The summed E-state index contributed by atoms with van der Waals surface area (Å²) in [6.07, 6.45) is 0. The number of amides is 1. The van der Waals surface area contributed by atoms with Crippen molar-refractivity contribution in [1.29, 1.82) is 0 Å². The van der Waals surface area contributed by atoms with Gasteiger partial charge < -0.3 is 10.4 Å². The van der Waals surface area contributed by atoms with Gasteiger partial charge in [-0.2, -0.15) is 4.68 Å². The number of carbonyl (C=O) groups is 2. The summed E-state index contributed by atoms with van der Waals surface area (Å²) in [5, 5.41) is 24.0. The van der Waals surface area contributed by atoms with Gasteiger partial charge in [0.1, 0.15) is 0 Å². The Balaban J connectivity index is 1.65. The molecule has 1 amide bonds. The highest BCUT2D eigenvalue weighted by molar-refractivity contribution is 7.99. The summed E-state index contributed by atoms with van der Waals surface area (Å²) in [5.74, 6) is -1.14. The van der Waals surface area contributed by atoms with Crippen LogP contribution >= 0.6 is 23.4 Å². The maximum absolute atomic E-state index is 12.1. The summed E-state index contributed by atoms with van der Waals surface area (Å²) in [5.41, 5.74) is 1.36. The molecule has 2 aromatic carbocycles. The predicted octanol–water partition coefficient (Wildman–Crippen LogP) is 2.74. The van der Waals surface area contributed by atoms with E-state index < -0.39 is 5.97 Å². The van der Waals surface area contributed by atoms with Crippen molar-refractivity contribution in [3.63, 3.8) is 0 Å². The van der Waals surface area contributed by atoms with Gasteiger partial charge in [0.25, 0.3) is 0 Å². The number of aromatic carboxylic acids is 1. The number of hydrogen-bond donors (Lipinski definition) is 2. The number of carboxylic acids is 1. The maximum atomic E-state index is 12.1. The molecule has 0 saturated heterocycles. The highest BCUT2D eigenvalue weighted by atomic mass is 35.5. The Kier molecular flexibility index (Phi) is 5.49. The minimum Gasteiger partial charge on any atom is -0.478 e. The van der Waals surface area contributed by atoms with Crippen molar-refractivity contribution in [1.82, 2.24) is 20.2 Å². The van der Waals surface area contributed by atoms with Gasteiger partial charge in [0.2, 0.25) is 11.1 Å². The number of benzene rings is 2. The Labute approximate surface area is 157 Å². The molecule has 1 heterocycles. The van der Waals surface area contributed by atoms with Crippen LogP contribution in [0.15, 0.2) is 53.7 Å². The normalized spacial score (nSPS) is 10.5. The van der Waals surface area contributed by atoms with Crippen molar-refractivity contribution in [2.45, 2.75) is 5.16 Å². The fourth-order valence-electron chi connectivity index (χ4n) is 2.07. The number of nitrogens with one attached hydrogen (secondary N) is 1. The van der Waals surface area contributed by atoms with Crippen LogP contribution in [-0.4, -0.2) is 42.9 Å². The maximum Gasteiger partial charge on any atom is 0.335 e. The number of halogens is 1. The largest absolute Gasteiger partial charge is 0.478 e. The van der Waals surface area contributed by atoms with E-state index in [2.05, 4.69) is 20.8 Å². The van der Waals surface area contributed by atoms with Crippen LogP contribution in [0.3, 0.4) is 0 Å². The molecule has 0 aliphatic heterocycles. The minimum atomic E-state index is -1.01. The average Bonchev–Trinajstić information content (AvgIpc) is 3.08. The van der Waals surface area contributed by atoms with Crippen molar-refractivity contribution in [3.8, 4) is 5.69 Å². The Morgan fingerprint density at radius 2 is 1.96 bits per heavy atom. The van der Waals surface area contributed by atoms with E-state index in [-0.39, 0.29) is 17.2 Å². The third-order valence-electron chi connectivity index (χ3n) is 3.24. The van der Waals surface area contributed by atoms with E-state index >= 15 is 0 Å². The topological polar surface area (TPSA) is 110 Å². The molecule has 0 fully saturated rings. The third kappa shape index (κ3) is 4.38. The van der Waals surface area contributed by atoms with Crippen molar-refractivity contribution < 1.29 is 14.7 Å². The quantitative estimate of drug-likeness (QED) is 0.623. The SMILES string of the molecule is O=C(CSc1nnnn1-c1ccc(C(=O)O)cc1)Nc1cccc(Cl)c1. The first-order chi connectivity index (χ1) is 12.5. The molecule has 132 valence electrons. The van der Waals surface area contributed by atoms with Crippen LogP contribution in [0.2, 0.25) is 5.02 Å². The van der Waals surface area contributed by atoms with Crippen molar-refractivity contribution >= 4 is 40.9 Å². The van der Waals surface area contributed by atoms with Crippen LogP contribution in [0.4, 0.5) is 5.69 Å². The van der Waals surface area contributed by atoms with Crippen LogP contribution in [-0.2, 0) is 4.79 Å². The Morgan fingerprint density at radius 3 is 2.65 bits per heavy atom. The lowest BCUT2D eigenvalue weighted by Crippen LogP contribution is -2.14. The van der Waals surface area contributed by atoms with Crippen LogP contribution < -0.4 is 5.32 Å². The number of nitrogens with zero attached hydrogens (tertiary/aromatic N) is 4. The van der Waals surface area contributed by atoms with Gasteiger partial charge in [-0.25, -0.2) is 4.79 Å². The van der Waals surface area contributed by atoms with Gasteiger partial charge in [0.15, 0.2) is 0 Å². The zero-order valence-electron chi connectivity index (χ0n) is 13.2. The molecule has 3 rings (SSSR count). The lowest BCUT2D eigenvalue weighted by molar-refractivity contribution is -0.113. The van der Waals surface area contributed by atoms with Gasteiger partial charge in [0.05, 0.1) is 17.0 Å². The van der Waals surface area contributed by atoms with Gasteiger partial charge in [-0.1, -0.05) is 29.4 Å². The highest BCUT2D eigenvalue weighted by Crippen LogP contribution is 2.20. The van der Waals surface area contributed by atoms with Crippen LogP contribution in [0.1, 0.15) is 10.4 Å². The van der Waals surface area contributed by atoms with Crippen molar-refractivity contribution in [2.24, 2.45) is 0 Å². The average molecular weight is 390 g/mol. The van der Waals surface area contributed by atoms with Gasteiger partial charge in [-0.15, -0.1) is 5.10 Å². The van der Waals surface area contributed by atoms with E-state index in [1.165, 1.54) is 16.8 Å². The smallest absolute Gasteiger partial charge is 0.335 e. The molecule has 2 N–H and O–H groups in total. The Hall–Kier alpha value is -2.91. The van der Waals surface area contributed by atoms with Gasteiger partial charge in [-0.3, -0.25) is 4.79 Å². The van der Waals surface area contributed by atoms with E-state index in [4.69, 9.17) is 16.7 Å². The Bertz CT molecular complexity index is 945. The summed E-state index contributed by atoms with van der Waals surface area (Å²) in [7, 11) is 0. The van der Waals surface area contributed by atoms with E-state index in [9.17, 15) is 9.59 Å². The number of rotatable bonds is 6. The van der Waals surface area contributed by atoms with Gasteiger partial charge >= 0.3 is 5.97 Å². The molecular weight excluding hydrogens is 378 g/mol. The number of tetrazole rings is 1. The number of carboxylic acid groups (broad SMARTS) is 1. The van der Waals surface area contributed by atoms with E-state index in [0.29, 0.717) is 21.6 Å². The number of thioether (sulfide) groups is 1. The molecule has 3 aromatic rings. The molecule has 0 bridgehead atoms. The molecule has 0 saturated carbocycles. The number of hydrogen-bond acceptors (Lipinski definition) is 6. The zero-order valence-corrected chi connectivity index (χ0v) is 14.7. The molecule has 1 aromatic heterocycles. The summed E-state index contributed by atoms with van der Waals surface area (Å²) in [6.45, 7) is 0. The second-order valence-corrected chi connectivity index (χ2v) is 6.45. The summed E-state index contributed by atoms with van der Waals surface area (Å²) in [4.78, 5) is 23.0. The first kappa shape index (κ1) is 17.9. The molecule has 26 heavy (non-hydrogen) atoms. The molecule has 0 aliphatic rings. The fraction of sp³-hybridized carbons (Fsp3) is 0.0625. The minimum absolute atomic E-state index is 0.0973. The molecule has 8 nitrogen and oxygen atoms in total. The van der Waals surface area contributed by atoms with E-state index in [0.717, 1.165) is 11.8 Å². The molecule has 0 aliphatic carbocycles. The first-order valence-corrected chi connectivity index (χ1v) is 8.69. The van der Waals surface area contributed by atoms with Crippen molar-refractivity contribution in [3.05, 3.63) is 59.1 Å². The summed E-state index contributed by atoms with van der Waals surface area (Å²) >= 11 is 7.04. The summed E-state index contributed by atoms with van der Waals surface area (Å²) < 4.78 is 1.43. The zero-order chi connectivity index (χ0) is 18.5. The predicted molar refractivity (Wildman–Crippen MR) is 96.9 cm³/mol. The van der Waals surface area contributed by atoms with Crippen LogP contribution in [0.25, 0.3) is 5.69 Å². The Morgan fingerprint density at radius 1 is 1.19 bits per heavy atom. The molecule has 0 radical (unpaired) electrons. The second-order valence-electron chi connectivity index (χ2n) is 5.07. The second kappa shape index (κ2) is 7.98. The van der Waals surface area contributed by atoms with Crippen LogP contribution in [0, 0.1) is 0 Å². The third-order valence-corrected chi connectivity index (χ3v) is 4.39. The lowest BCUT2D eigenvalue weighted by Gasteiger charge is -2.06. The summed E-state index contributed by atoms with van der Waals surface area (Å²) in [6, 6.07) is 13.0. The lowest BCUT2D eigenvalue weighted by atomic mass is 10.2. The number of aromatic nitrogens is 4. The molecule has 0 spiro atoms. The first-order valence-electron chi connectivity index (χ1n) is 7.33. The number of carbonyl (C=O) groups excluding carboxylic acids is 1. The van der Waals surface area contributed by atoms with E-state index in [1.807, 2.05) is 0 Å². The number of anilines is 1.